The molecule has 0 fully saturated rings. The Morgan fingerprint density at radius 2 is 1.55 bits per heavy atom. The molecule has 6 heteroatoms. The van der Waals surface area contributed by atoms with Crippen LogP contribution in [0.2, 0.25) is 0 Å². The second-order valence-corrected chi connectivity index (χ2v) is 4.76. The standard InChI is InChI=1S/C14H17NO5/c1-8(2)20-14(19)11-6-9(12(16)15(3)4)5-10(7-11)13(17)18/h5-8H,1-4H3,(H,17,18). The van der Waals surface area contributed by atoms with Gasteiger partial charge in [0.25, 0.3) is 5.91 Å². The monoisotopic (exact) mass is 279 g/mol. The van der Waals surface area contributed by atoms with Gasteiger partial charge >= 0.3 is 11.9 Å². The molecule has 0 aliphatic carbocycles. The van der Waals surface area contributed by atoms with E-state index in [-0.39, 0.29) is 28.7 Å². The highest BCUT2D eigenvalue weighted by Crippen LogP contribution is 2.14. The Kier molecular flexibility index (Phi) is 4.85. The van der Waals surface area contributed by atoms with E-state index in [1.807, 2.05) is 0 Å². The summed E-state index contributed by atoms with van der Waals surface area (Å²) in [5.41, 5.74) is 0.0443. The highest BCUT2D eigenvalue weighted by Gasteiger charge is 2.18. The molecular formula is C14H17NO5. The predicted octanol–water partition coefficient (Wildman–Crippen LogP) is 1.65. The number of amides is 1. The fraction of sp³-hybridized carbons (Fsp3) is 0.357. The molecule has 0 heterocycles. The molecule has 0 aliphatic heterocycles. The average Bonchev–Trinajstić information content (AvgIpc) is 2.36. The molecule has 1 rings (SSSR count). The zero-order valence-corrected chi connectivity index (χ0v) is 11.8. The van der Waals surface area contributed by atoms with Gasteiger partial charge in [0.1, 0.15) is 0 Å². The van der Waals surface area contributed by atoms with Gasteiger partial charge in [-0.2, -0.15) is 0 Å². The van der Waals surface area contributed by atoms with E-state index in [1.165, 1.54) is 23.1 Å². The molecule has 0 radical (unpaired) electrons. The third-order valence-corrected chi connectivity index (χ3v) is 2.41. The summed E-state index contributed by atoms with van der Waals surface area (Å²) in [6.45, 7) is 3.37. The normalized spacial score (nSPS) is 10.2. The number of ether oxygens (including phenoxy) is 1. The Morgan fingerprint density at radius 3 is 2.00 bits per heavy atom. The van der Waals surface area contributed by atoms with Crippen LogP contribution >= 0.6 is 0 Å². The number of nitrogens with zero attached hydrogens (tertiary/aromatic N) is 1. The van der Waals surface area contributed by atoms with Crippen molar-refractivity contribution in [3.8, 4) is 0 Å². The zero-order chi connectivity index (χ0) is 15.4. The quantitative estimate of drug-likeness (QED) is 0.847. The van der Waals surface area contributed by atoms with Gasteiger partial charge in [-0.3, -0.25) is 4.79 Å². The molecule has 1 N–H and O–H groups in total. The molecule has 1 amide bonds. The lowest BCUT2D eigenvalue weighted by molar-refractivity contribution is 0.0378. The van der Waals surface area contributed by atoms with Gasteiger partial charge in [0.2, 0.25) is 0 Å². The molecule has 0 saturated heterocycles. The number of benzene rings is 1. The van der Waals surface area contributed by atoms with E-state index in [4.69, 9.17) is 9.84 Å². The third-order valence-electron chi connectivity index (χ3n) is 2.41. The molecule has 1 aromatic rings. The van der Waals surface area contributed by atoms with Crippen LogP contribution in [0.5, 0.6) is 0 Å². The van der Waals surface area contributed by atoms with E-state index in [1.54, 1.807) is 27.9 Å². The second kappa shape index (κ2) is 6.18. The van der Waals surface area contributed by atoms with E-state index >= 15 is 0 Å². The van der Waals surface area contributed by atoms with Gasteiger partial charge in [-0.05, 0) is 32.0 Å². The predicted molar refractivity (Wildman–Crippen MR) is 72.0 cm³/mol. The van der Waals surface area contributed by atoms with Crippen LogP contribution in [0.3, 0.4) is 0 Å². The van der Waals surface area contributed by atoms with E-state index in [0.29, 0.717) is 0 Å². The highest BCUT2D eigenvalue weighted by atomic mass is 16.5. The second-order valence-electron chi connectivity index (χ2n) is 4.76. The molecule has 6 nitrogen and oxygen atoms in total. The summed E-state index contributed by atoms with van der Waals surface area (Å²) in [7, 11) is 3.09. The number of rotatable bonds is 4. The van der Waals surface area contributed by atoms with Crippen molar-refractivity contribution in [3.63, 3.8) is 0 Å². The highest BCUT2D eigenvalue weighted by molar-refractivity contribution is 6.01. The van der Waals surface area contributed by atoms with Crippen LogP contribution in [0.4, 0.5) is 0 Å². The van der Waals surface area contributed by atoms with Crippen molar-refractivity contribution >= 4 is 17.8 Å². The maximum Gasteiger partial charge on any atom is 0.338 e. The Morgan fingerprint density at radius 1 is 1.05 bits per heavy atom. The van der Waals surface area contributed by atoms with E-state index in [9.17, 15) is 14.4 Å². The van der Waals surface area contributed by atoms with Gasteiger partial charge in [-0.15, -0.1) is 0 Å². The minimum absolute atomic E-state index is 0.0452. The number of carboxylic acids is 1. The van der Waals surface area contributed by atoms with E-state index in [0.717, 1.165) is 0 Å². The van der Waals surface area contributed by atoms with Crippen molar-refractivity contribution in [2.24, 2.45) is 0 Å². The number of aromatic carboxylic acids is 1. The first-order chi connectivity index (χ1) is 9.22. The van der Waals surface area contributed by atoms with Crippen LogP contribution in [-0.4, -0.2) is 48.1 Å². The lowest BCUT2D eigenvalue weighted by atomic mass is 10.0. The third kappa shape index (κ3) is 3.81. The largest absolute Gasteiger partial charge is 0.478 e. The first kappa shape index (κ1) is 15.7. The van der Waals surface area contributed by atoms with Crippen LogP contribution < -0.4 is 0 Å². The zero-order valence-electron chi connectivity index (χ0n) is 11.8. The molecule has 0 saturated carbocycles. The summed E-state index contributed by atoms with van der Waals surface area (Å²) in [6.07, 6.45) is -0.330. The molecule has 0 unspecified atom stereocenters. The van der Waals surface area contributed by atoms with Gasteiger partial charge in [0.05, 0.1) is 17.2 Å². The van der Waals surface area contributed by atoms with Crippen molar-refractivity contribution in [1.82, 2.24) is 4.90 Å². The summed E-state index contributed by atoms with van der Waals surface area (Å²) in [4.78, 5) is 36.1. The number of hydrogen-bond acceptors (Lipinski definition) is 4. The van der Waals surface area contributed by atoms with Crippen molar-refractivity contribution in [1.29, 1.82) is 0 Å². The fourth-order valence-corrected chi connectivity index (χ4v) is 1.53. The van der Waals surface area contributed by atoms with E-state index in [2.05, 4.69) is 0 Å². The molecule has 108 valence electrons. The minimum atomic E-state index is -1.21. The molecule has 1 aromatic carbocycles. The van der Waals surface area contributed by atoms with Gasteiger partial charge in [-0.25, -0.2) is 9.59 Å². The summed E-state index contributed by atoms with van der Waals surface area (Å²) < 4.78 is 5.01. The van der Waals surface area contributed by atoms with Crippen LogP contribution in [-0.2, 0) is 4.74 Å². The topological polar surface area (TPSA) is 83.9 Å². The van der Waals surface area contributed by atoms with Gasteiger partial charge in [0.15, 0.2) is 0 Å². The molecule has 0 aromatic heterocycles. The molecular weight excluding hydrogens is 262 g/mol. The summed E-state index contributed by atoms with van der Waals surface area (Å²) in [6, 6.07) is 3.76. The van der Waals surface area contributed by atoms with E-state index < -0.39 is 11.9 Å². The smallest absolute Gasteiger partial charge is 0.338 e. The Bertz CT molecular complexity index is 548. The first-order valence-corrected chi connectivity index (χ1v) is 6.03. The SMILES string of the molecule is CC(C)OC(=O)c1cc(C(=O)O)cc(C(=O)N(C)C)c1. The molecule has 20 heavy (non-hydrogen) atoms. The average molecular weight is 279 g/mol. The van der Waals surface area contributed by atoms with Crippen LogP contribution in [0.1, 0.15) is 44.9 Å². The van der Waals surface area contributed by atoms with Crippen molar-refractivity contribution in [2.75, 3.05) is 14.1 Å². The van der Waals surface area contributed by atoms with Gasteiger partial charge in [0, 0.05) is 19.7 Å². The van der Waals surface area contributed by atoms with Crippen molar-refractivity contribution < 1.29 is 24.2 Å². The number of carbonyl (C=O) groups is 3. The van der Waals surface area contributed by atoms with Crippen LogP contribution in [0.25, 0.3) is 0 Å². The number of carbonyl (C=O) groups excluding carboxylic acids is 2. The van der Waals surface area contributed by atoms with Gasteiger partial charge in [-0.1, -0.05) is 0 Å². The van der Waals surface area contributed by atoms with Crippen molar-refractivity contribution in [3.05, 3.63) is 34.9 Å². The summed E-state index contributed by atoms with van der Waals surface area (Å²) in [5.74, 6) is -2.25. The van der Waals surface area contributed by atoms with Crippen LogP contribution in [0.15, 0.2) is 18.2 Å². The fourth-order valence-electron chi connectivity index (χ4n) is 1.53. The molecule has 0 spiro atoms. The van der Waals surface area contributed by atoms with Crippen LogP contribution in [0, 0.1) is 0 Å². The number of esters is 1. The Hall–Kier alpha value is -2.37. The minimum Gasteiger partial charge on any atom is -0.478 e. The molecule has 0 aliphatic rings. The maximum absolute atomic E-state index is 11.9. The first-order valence-electron chi connectivity index (χ1n) is 6.03. The lowest BCUT2D eigenvalue weighted by Gasteiger charge is -2.13. The van der Waals surface area contributed by atoms with Gasteiger partial charge < -0.3 is 14.7 Å². The molecule has 0 atom stereocenters. The number of hydrogen-bond donors (Lipinski definition) is 1. The summed E-state index contributed by atoms with van der Waals surface area (Å²) >= 11 is 0. The lowest BCUT2D eigenvalue weighted by Crippen LogP contribution is -2.23. The Balaban J connectivity index is 3.28. The number of carboxylic acid groups (broad SMARTS) is 1. The maximum atomic E-state index is 11.9. The van der Waals surface area contributed by atoms with Crippen molar-refractivity contribution in [2.45, 2.75) is 20.0 Å². The molecule has 0 bridgehead atoms. The summed E-state index contributed by atoms with van der Waals surface area (Å²) in [5, 5.41) is 9.04. The Labute approximate surface area is 117 Å².